The van der Waals surface area contributed by atoms with E-state index in [9.17, 15) is 0 Å². The molecule has 260 valence electrons. The Kier molecular flexibility index (Phi) is 7.73. The summed E-state index contributed by atoms with van der Waals surface area (Å²) >= 11 is 0. The van der Waals surface area contributed by atoms with E-state index in [-0.39, 0.29) is 0 Å². The molecular formula is C40H46N8O2-2. The van der Waals surface area contributed by atoms with Crippen LogP contribution in [0, 0.1) is 0 Å². The van der Waals surface area contributed by atoms with E-state index in [1.807, 2.05) is 132 Å². The third-order valence-corrected chi connectivity index (χ3v) is 10.6. The van der Waals surface area contributed by atoms with Gasteiger partial charge < -0.3 is 52.7 Å². The first-order valence-corrected chi connectivity index (χ1v) is 16.8. The van der Waals surface area contributed by atoms with Crippen molar-refractivity contribution in [2.45, 2.75) is 24.0 Å². The van der Waals surface area contributed by atoms with Gasteiger partial charge in [0.2, 0.25) is 0 Å². The Balaban J connectivity index is 1.60. The van der Waals surface area contributed by atoms with Gasteiger partial charge in [-0.05, 0) is 59.4 Å². The van der Waals surface area contributed by atoms with Crippen LogP contribution in [-0.2, 0) is 0 Å². The fourth-order valence-corrected chi connectivity index (χ4v) is 8.60. The van der Waals surface area contributed by atoms with Gasteiger partial charge in [0.25, 0.3) is 0 Å². The van der Waals surface area contributed by atoms with Crippen molar-refractivity contribution in [2.75, 3.05) is 98.9 Å². The van der Waals surface area contributed by atoms with E-state index in [0.717, 1.165) is 44.3 Å². The normalized spacial score (nSPS) is 18.9. The highest BCUT2D eigenvalue weighted by atomic mass is 16.3. The second-order valence-electron chi connectivity index (χ2n) is 14.5. The molecule has 0 radical (unpaired) electrons. The van der Waals surface area contributed by atoms with Gasteiger partial charge in [0, 0.05) is 134 Å². The zero-order valence-electron chi connectivity index (χ0n) is 30.0. The number of nitrogen functional groups attached to an aromatic ring is 4. The lowest BCUT2D eigenvalue weighted by Gasteiger charge is -2.62. The number of nitrogens with zero attached hydrogens (tertiary/aromatic N) is 4. The summed E-state index contributed by atoms with van der Waals surface area (Å²) in [4.78, 5) is 8.17. The third kappa shape index (κ3) is 4.48. The summed E-state index contributed by atoms with van der Waals surface area (Å²) in [7, 11) is 15.9. The monoisotopic (exact) mass is 670 g/mol. The van der Waals surface area contributed by atoms with Crippen molar-refractivity contribution in [3.63, 3.8) is 0 Å². The van der Waals surface area contributed by atoms with Gasteiger partial charge in [0.05, 0.1) is 11.4 Å². The molecule has 6 aromatic carbocycles. The van der Waals surface area contributed by atoms with Gasteiger partial charge in [-0.2, -0.15) is 0 Å². The summed E-state index contributed by atoms with van der Waals surface area (Å²) in [6.07, 6.45) is -2.68. The lowest BCUT2D eigenvalue weighted by atomic mass is 9.60. The molecular weight excluding hydrogens is 624 g/mol. The summed E-state index contributed by atoms with van der Waals surface area (Å²) in [5, 5.41) is 36.6. The molecule has 50 heavy (non-hydrogen) atoms. The molecule has 8 N–H and O–H groups in total. The van der Waals surface area contributed by atoms with Crippen LogP contribution in [-0.4, -0.2) is 68.6 Å². The van der Waals surface area contributed by atoms with Crippen LogP contribution in [0.1, 0.15) is 23.0 Å². The summed E-state index contributed by atoms with van der Waals surface area (Å²) in [6.45, 7) is 0. The number of fused-ring (bicyclic) bond motifs is 4. The van der Waals surface area contributed by atoms with Gasteiger partial charge in [-0.25, -0.2) is 0 Å². The molecule has 6 aromatic rings. The van der Waals surface area contributed by atoms with E-state index in [1.54, 1.807) is 0 Å². The largest absolute Gasteiger partial charge is 0.851 e. The van der Waals surface area contributed by atoms with Crippen LogP contribution < -0.4 is 52.7 Å². The topological polar surface area (TPSA) is 163 Å². The number of hydrogen-bond donors (Lipinski definition) is 4. The summed E-state index contributed by atoms with van der Waals surface area (Å²) < 4.78 is 0. The zero-order chi connectivity index (χ0) is 36.1. The van der Waals surface area contributed by atoms with E-state index in [0.29, 0.717) is 55.4 Å². The van der Waals surface area contributed by atoms with Crippen molar-refractivity contribution in [1.29, 1.82) is 0 Å². The van der Waals surface area contributed by atoms with Crippen molar-refractivity contribution in [2.24, 2.45) is 0 Å². The van der Waals surface area contributed by atoms with E-state index in [2.05, 4.69) is 4.90 Å². The van der Waals surface area contributed by atoms with Crippen LogP contribution in [0.2, 0.25) is 0 Å². The molecule has 2 unspecified atom stereocenters. The predicted molar refractivity (Wildman–Crippen MR) is 211 cm³/mol. The molecule has 1 fully saturated rings. The van der Waals surface area contributed by atoms with Crippen molar-refractivity contribution in [1.82, 2.24) is 0 Å². The second kappa shape index (κ2) is 11.6. The Hall–Kier alpha value is -5.32. The fourth-order valence-electron chi connectivity index (χ4n) is 8.60. The van der Waals surface area contributed by atoms with Gasteiger partial charge in [-0.3, -0.25) is 0 Å². The number of hydrogen-bond acceptors (Lipinski definition) is 10. The molecule has 7 rings (SSSR count). The van der Waals surface area contributed by atoms with Gasteiger partial charge in [-0.1, -0.05) is 24.3 Å². The molecule has 1 aliphatic carbocycles. The highest BCUT2D eigenvalue weighted by Gasteiger charge is 2.43. The van der Waals surface area contributed by atoms with Gasteiger partial charge in [-0.15, -0.1) is 12.2 Å². The molecule has 0 heterocycles. The first-order chi connectivity index (χ1) is 23.7. The van der Waals surface area contributed by atoms with E-state index in [4.69, 9.17) is 22.9 Å². The maximum Gasteiger partial charge on any atom is 0.0564 e. The minimum absolute atomic E-state index is 0.489. The number of benzene rings is 6. The van der Waals surface area contributed by atoms with Crippen molar-refractivity contribution >= 4 is 88.6 Å². The lowest BCUT2D eigenvalue weighted by Crippen LogP contribution is -2.63. The Bertz CT molecular complexity index is 2200. The maximum atomic E-state index is 15.1. The minimum Gasteiger partial charge on any atom is -0.851 e. The molecule has 1 aliphatic rings. The Labute approximate surface area is 293 Å². The summed E-state index contributed by atoms with van der Waals surface area (Å²) in [5.41, 5.74) is 34.2. The van der Waals surface area contributed by atoms with Gasteiger partial charge >= 0.3 is 0 Å². The maximum absolute atomic E-state index is 15.1. The highest BCUT2D eigenvalue weighted by molar-refractivity contribution is 6.26. The number of anilines is 8. The van der Waals surface area contributed by atoms with Gasteiger partial charge in [0.15, 0.2) is 0 Å². The molecule has 0 amide bonds. The quantitative estimate of drug-likeness (QED) is 0.149. The zero-order valence-corrected chi connectivity index (χ0v) is 30.0. The Morgan fingerprint density at radius 1 is 0.420 bits per heavy atom. The summed E-state index contributed by atoms with van der Waals surface area (Å²) in [6, 6.07) is 19.1. The Morgan fingerprint density at radius 3 is 1.14 bits per heavy atom. The molecule has 10 heteroatoms. The molecule has 0 spiro atoms. The molecule has 0 bridgehead atoms. The molecule has 2 atom stereocenters. The Morgan fingerprint density at radius 2 is 0.780 bits per heavy atom. The van der Waals surface area contributed by atoms with Gasteiger partial charge in [0.1, 0.15) is 0 Å². The van der Waals surface area contributed by atoms with Crippen LogP contribution in [0.25, 0.3) is 43.1 Å². The molecule has 10 nitrogen and oxygen atoms in total. The van der Waals surface area contributed by atoms with E-state index < -0.39 is 24.0 Å². The third-order valence-electron chi connectivity index (χ3n) is 10.6. The van der Waals surface area contributed by atoms with Crippen LogP contribution in [0.3, 0.4) is 0 Å². The van der Waals surface area contributed by atoms with Crippen molar-refractivity contribution in [3.8, 4) is 0 Å². The fraction of sp³-hybridized carbons (Fsp3) is 0.300. The molecule has 1 saturated carbocycles. The van der Waals surface area contributed by atoms with E-state index in [1.165, 1.54) is 0 Å². The number of nitrogens with two attached hydrogens (primary N) is 4. The number of rotatable bonds is 6. The first kappa shape index (κ1) is 33.2. The standard InChI is InChI=1S/C40H46N8O2/c1-45(2)25-17-15-23(43)29-31(25)38(48(7)8)32-26(46(3)4)18-16-24(44)30(32)34(29)36-39(49)35(40(36)50)33-27-19(11-9-13-21(27)41)37(47(5)6)20-12-10-14-22(42)28(20)33/h9-18,35-36,39-40H,41-44H2,1-8H3/q-2. The average molecular weight is 671 g/mol. The SMILES string of the molecule is CN(C)c1c2cccc(N)c2c(C2C([O-])C(c3c4c(N)ccc(N(C)C)c4c(N(C)C)c4c(N(C)C)ccc(N)c34)C2[O-])c2c(N)cccc12. The van der Waals surface area contributed by atoms with E-state index >= 15 is 10.2 Å². The second-order valence-corrected chi connectivity index (χ2v) is 14.5. The minimum atomic E-state index is -1.34. The lowest BCUT2D eigenvalue weighted by molar-refractivity contribution is -0.535. The average Bonchev–Trinajstić information content (AvgIpc) is 3.04. The highest BCUT2D eigenvalue weighted by Crippen LogP contribution is 2.58. The predicted octanol–water partition coefficient (Wildman–Crippen LogP) is 4.23. The first-order valence-electron chi connectivity index (χ1n) is 16.8. The smallest absolute Gasteiger partial charge is 0.0564 e. The van der Waals surface area contributed by atoms with Crippen molar-refractivity contribution in [3.05, 3.63) is 71.8 Å². The van der Waals surface area contributed by atoms with Crippen LogP contribution in [0.4, 0.5) is 45.5 Å². The molecule has 0 aromatic heterocycles. The van der Waals surface area contributed by atoms with Crippen LogP contribution in [0.15, 0.2) is 60.7 Å². The van der Waals surface area contributed by atoms with Crippen LogP contribution >= 0.6 is 0 Å². The van der Waals surface area contributed by atoms with Crippen molar-refractivity contribution < 1.29 is 10.2 Å². The molecule has 0 saturated heterocycles. The molecule has 0 aliphatic heterocycles. The van der Waals surface area contributed by atoms with Crippen LogP contribution in [0.5, 0.6) is 0 Å². The summed E-state index contributed by atoms with van der Waals surface area (Å²) in [5.74, 6) is -1.88.